The predicted molar refractivity (Wildman–Crippen MR) is 73.7 cm³/mol. The van der Waals surface area contributed by atoms with Crippen LogP contribution in [0.4, 0.5) is 0 Å². The van der Waals surface area contributed by atoms with E-state index in [4.69, 9.17) is 0 Å². The van der Waals surface area contributed by atoms with E-state index in [1.54, 1.807) is 0 Å². The van der Waals surface area contributed by atoms with Crippen LogP contribution in [0.2, 0.25) is 0 Å². The summed E-state index contributed by atoms with van der Waals surface area (Å²) in [5, 5.41) is 0.701. The molecular weight excluding hydrogens is 230 g/mol. The molecule has 3 heteroatoms. The Bertz CT molecular complexity index is 366. The van der Waals surface area contributed by atoms with Crippen LogP contribution < -0.4 is 0 Å². The molecule has 1 aliphatic rings. The largest absolute Gasteiger partial charge is 0.294 e. The summed E-state index contributed by atoms with van der Waals surface area (Å²) in [7, 11) is 0. The van der Waals surface area contributed by atoms with Crippen LogP contribution in [0.25, 0.3) is 0 Å². The third-order valence-electron chi connectivity index (χ3n) is 3.14. The zero-order valence-corrected chi connectivity index (χ0v) is 11.1. The average Bonchev–Trinajstić information content (AvgIpc) is 2.40. The fraction of sp³-hybridized carbons (Fsp3) is 0.500. The lowest BCUT2D eigenvalue weighted by Gasteiger charge is -2.31. The van der Waals surface area contributed by atoms with Crippen LogP contribution in [-0.2, 0) is 0 Å². The van der Waals surface area contributed by atoms with Gasteiger partial charge in [-0.3, -0.25) is 9.69 Å². The molecule has 1 aromatic carbocycles. The average molecular weight is 249 g/mol. The summed E-state index contributed by atoms with van der Waals surface area (Å²) in [5.74, 6) is 1.40. The first kappa shape index (κ1) is 12.7. The molecule has 2 nitrogen and oxygen atoms in total. The summed E-state index contributed by atoms with van der Waals surface area (Å²) in [6.07, 6.45) is 1.20. The number of hydrogen-bond acceptors (Lipinski definition) is 3. The molecule has 17 heavy (non-hydrogen) atoms. The molecule has 92 valence electrons. The lowest BCUT2D eigenvalue weighted by Crippen LogP contribution is -2.40. The summed E-state index contributed by atoms with van der Waals surface area (Å²) in [4.78, 5) is 14.4. The molecule has 0 aliphatic carbocycles. The van der Waals surface area contributed by atoms with E-state index in [2.05, 4.69) is 11.8 Å². The van der Waals surface area contributed by atoms with E-state index in [1.165, 1.54) is 6.42 Å². The summed E-state index contributed by atoms with van der Waals surface area (Å²) in [6.45, 7) is 4.89. The Hall–Kier alpha value is -0.800. The Morgan fingerprint density at radius 2 is 2.18 bits per heavy atom. The number of rotatable bonds is 4. The SMILES string of the molecule is CCC1CN(CC(=O)c2ccccc2)CCS1. The van der Waals surface area contributed by atoms with Crippen molar-refractivity contribution < 1.29 is 4.79 Å². The van der Waals surface area contributed by atoms with Gasteiger partial charge in [0.25, 0.3) is 0 Å². The third kappa shape index (κ3) is 3.58. The van der Waals surface area contributed by atoms with Crippen molar-refractivity contribution in [2.24, 2.45) is 0 Å². The normalized spacial score (nSPS) is 21.4. The first-order chi connectivity index (χ1) is 8.29. The fourth-order valence-electron chi connectivity index (χ4n) is 2.09. The first-order valence-electron chi connectivity index (χ1n) is 6.22. The van der Waals surface area contributed by atoms with Gasteiger partial charge in [-0.25, -0.2) is 0 Å². The molecular formula is C14H19NOS. The second-order valence-corrected chi connectivity index (χ2v) is 5.83. The molecule has 0 N–H and O–H groups in total. The van der Waals surface area contributed by atoms with Crippen molar-refractivity contribution in [1.82, 2.24) is 4.90 Å². The quantitative estimate of drug-likeness (QED) is 0.765. The van der Waals surface area contributed by atoms with Gasteiger partial charge in [0, 0.05) is 29.7 Å². The molecule has 1 atom stereocenters. The van der Waals surface area contributed by atoms with Gasteiger partial charge in [-0.2, -0.15) is 11.8 Å². The van der Waals surface area contributed by atoms with Gasteiger partial charge in [0.1, 0.15) is 0 Å². The fourth-order valence-corrected chi connectivity index (χ4v) is 3.34. The minimum Gasteiger partial charge on any atom is -0.294 e. The smallest absolute Gasteiger partial charge is 0.176 e. The number of carbonyl (C=O) groups is 1. The van der Waals surface area contributed by atoms with Crippen molar-refractivity contribution in [3.63, 3.8) is 0 Å². The summed E-state index contributed by atoms with van der Waals surface area (Å²) in [6, 6.07) is 9.60. The van der Waals surface area contributed by atoms with Gasteiger partial charge in [-0.05, 0) is 6.42 Å². The van der Waals surface area contributed by atoms with Gasteiger partial charge in [0.15, 0.2) is 5.78 Å². The molecule has 0 radical (unpaired) electrons. The minimum absolute atomic E-state index is 0.243. The van der Waals surface area contributed by atoms with Gasteiger partial charge in [-0.15, -0.1) is 0 Å². The Morgan fingerprint density at radius 3 is 2.88 bits per heavy atom. The van der Waals surface area contributed by atoms with Gasteiger partial charge < -0.3 is 0 Å². The van der Waals surface area contributed by atoms with Crippen LogP contribution >= 0.6 is 11.8 Å². The summed E-state index contributed by atoms with van der Waals surface area (Å²) < 4.78 is 0. The second kappa shape index (κ2) is 6.22. The molecule has 1 heterocycles. The standard InChI is InChI=1S/C14H19NOS/c1-2-13-10-15(8-9-17-13)11-14(16)12-6-4-3-5-7-12/h3-7,13H,2,8-11H2,1H3. The highest BCUT2D eigenvalue weighted by molar-refractivity contribution is 8.00. The molecule has 0 aromatic heterocycles. The zero-order valence-electron chi connectivity index (χ0n) is 10.3. The highest BCUT2D eigenvalue weighted by atomic mass is 32.2. The van der Waals surface area contributed by atoms with Gasteiger partial charge in [0.2, 0.25) is 0 Å². The number of thioether (sulfide) groups is 1. The van der Waals surface area contributed by atoms with Crippen LogP contribution in [0, 0.1) is 0 Å². The van der Waals surface area contributed by atoms with Crippen molar-refractivity contribution in [2.45, 2.75) is 18.6 Å². The third-order valence-corrected chi connectivity index (χ3v) is 4.51. The molecule has 1 aliphatic heterocycles. The Kier molecular flexibility index (Phi) is 4.63. The van der Waals surface area contributed by atoms with Crippen LogP contribution in [-0.4, -0.2) is 41.3 Å². The van der Waals surface area contributed by atoms with Crippen LogP contribution in [0.15, 0.2) is 30.3 Å². The van der Waals surface area contributed by atoms with E-state index in [9.17, 15) is 4.79 Å². The summed E-state index contributed by atoms with van der Waals surface area (Å²) >= 11 is 2.04. The molecule has 2 rings (SSSR count). The molecule has 0 amide bonds. The molecule has 1 fully saturated rings. The van der Waals surface area contributed by atoms with Crippen molar-refractivity contribution in [2.75, 3.05) is 25.4 Å². The van der Waals surface area contributed by atoms with E-state index >= 15 is 0 Å². The molecule has 1 aromatic rings. The summed E-state index contributed by atoms with van der Waals surface area (Å²) in [5.41, 5.74) is 0.832. The number of ketones is 1. The Labute approximate surface area is 107 Å². The van der Waals surface area contributed by atoms with E-state index < -0.39 is 0 Å². The minimum atomic E-state index is 0.243. The van der Waals surface area contributed by atoms with E-state index in [1.807, 2.05) is 42.1 Å². The van der Waals surface area contributed by atoms with Gasteiger partial charge >= 0.3 is 0 Å². The lowest BCUT2D eigenvalue weighted by atomic mass is 10.1. The molecule has 1 unspecified atom stereocenters. The van der Waals surface area contributed by atoms with Gasteiger partial charge in [-0.1, -0.05) is 37.3 Å². The molecule has 0 saturated carbocycles. The molecule has 0 spiro atoms. The molecule has 0 bridgehead atoms. The maximum Gasteiger partial charge on any atom is 0.176 e. The Morgan fingerprint density at radius 1 is 1.41 bits per heavy atom. The van der Waals surface area contributed by atoms with Crippen molar-refractivity contribution in [3.8, 4) is 0 Å². The van der Waals surface area contributed by atoms with Gasteiger partial charge in [0.05, 0.1) is 6.54 Å². The predicted octanol–water partition coefficient (Wildman–Crippen LogP) is 2.70. The monoisotopic (exact) mass is 249 g/mol. The maximum atomic E-state index is 12.1. The zero-order chi connectivity index (χ0) is 12.1. The van der Waals surface area contributed by atoms with Crippen LogP contribution in [0.5, 0.6) is 0 Å². The van der Waals surface area contributed by atoms with Crippen LogP contribution in [0.1, 0.15) is 23.7 Å². The number of nitrogens with zero attached hydrogens (tertiary/aromatic N) is 1. The van der Waals surface area contributed by atoms with Crippen LogP contribution in [0.3, 0.4) is 0 Å². The van der Waals surface area contributed by atoms with E-state index in [-0.39, 0.29) is 5.78 Å². The molecule has 1 saturated heterocycles. The number of hydrogen-bond donors (Lipinski definition) is 0. The second-order valence-electron chi connectivity index (χ2n) is 4.43. The lowest BCUT2D eigenvalue weighted by molar-refractivity contribution is 0.0932. The highest BCUT2D eigenvalue weighted by Gasteiger charge is 2.20. The first-order valence-corrected chi connectivity index (χ1v) is 7.26. The van der Waals surface area contributed by atoms with Crippen molar-refractivity contribution >= 4 is 17.5 Å². The van der Waals surface area contributed by atoms with Crippen molar-refractivity contribution in [1.29, 1.82) is 0 Å². The number of benzene rings is 1. The maximum absolute atomic E-state index is 12.1. The number of carbonyl (C=O) groups excluding carboxylic acids is 1. The van der Waals surface area contributed by atoms with Crippen molar-refractivity contribution in [3.05, 3.63) is 35.9 Å². The van der Waals surface area contributed by atoms with E-state index in [0.717, 1.165) is 24.4 Å². The van der Waals surface area contributed by atoms with E-state index in [0.29, 0.717) is 11.8 Å². The number of Topliss-reactive ketones (excluding diaryl/α,β-unsaturated/α-hetero) is 1. The Balaban J connectivity index is 1.90. The highest BCUT2D eigenvalue weighted by Crippen LogP contribution is 2.21. The topological polar surface area (TPSA) is 20.3 Å².